The van der Waals surface area contributed by atoms with Gasteiger partial charge in [0.2, 0.25) is 5.91 Å². The van der Waals surface area contributed by atoms with Crippen LogP contribution in [-0.4, -0.2) is 25.2 Å². The number of benzene rings is 1. The molecule has 27 heavy (non-hydrogen) atoms. The van der Waals surface area contributed by atoms with Gasteiger partial charge in [-0.2, -0.15) is 18.3 Å². The Bertz CT molecular complexity index is 975. The zero-order valence-electron chi connectivity index (χ0n) is 14.1. The number of amides is 1. The van der Waals surface area contributed by atoms with Gasteiger partial charge in [-0.05, 0) is 24.6 Å². The van der Waals surface area contributed by atoms with E-state index in [4.69, 9.17) is 0 Å². The number of fused-ring (bicyclic) bond motifs is 1. The summed E-state index contributed by atoms with van der Waals surface area (Å²) in [5.41, 5.74) is 0.976. The zero-order valence-corrected chi connectivity index (χ0v) is 14.1. The average molecular weight is 375 g/mol. The Balaban J connectivity index is 1.46. The van der Waals surface area contributed by atoms with Crippen LogP contribution < -0.4 is 5.32 Å². The summed E-state index contributed by atoms with van der Waals surface area (Å²) in [5, 5.41) is 6.85. The fourth-order valence-corrected chi connectivity index (χ4v) is 3.19. The van der Waals surface area contributed by atoms with Crippen molar-refractivity contribution in [1.82, 2.24) is 19.3 Å². The van der Waals surface area contributed by atoms with E-state index < -0.39 is 11.7 Å². The van der Waals surface area contributed by atoms with Gasteiger partial charge >= 0.3 is 6.18 Å². The fraction of sp³-hybridized carbons (Fsp3) is 0.278. The Morgan fingerprint density at radius 2 is 2.11 bits per heavy atom. The van der Waals surface area contributed by atoms with Crippen LogP contribution in [0, 0.1) is 5.92 Å². The van der Waals surface area contributed by atoms with Crippen LogP contribution >= 0.6 is 0 Å². The van der Waals surface area contributed by atoms with Gasteiger partial charge in [0.1, 0.15) is 0 Å². The molecule has 1 aromatic carbocycles. The number of nitrogens with zero attached hydrogens (tertiary/aromatic N) is 4. The van der Waals surface area contributed by atoms with Crippen LogP contribution in [-0.2, 0) is 23.9 Å². The van der Waals surface area contributed by atoms with Crippen LogP contribution in [0.5, 0.6) is 0 Å². The van der Waals surface area contributed by atoms with Crippen molar-refractivity contribution in [3.63, 3.8) is 0 Å². The van der Waals surface area contributed by atoms with E-state index in [-0.39, 0.29) is 17.5 Å². The molecule has 0 unspecified atom stereocenters. The van der Waals surface area contributed by atoms with Gasteiger partial charge in [0.25, 0.3) is 0 Å². The third-order valence-corrected chi connectivity index (χ3v) is 4.63. The fourth-order valence-electron chi connectivity index (χ4n) is 3.19. The second kappa shape index (κ2) is 6.57. The molecule has 1 aliphatic heterocycles. The molecule has 0 saturated carbocycles. The van der Waals surface area contributed by atoms with Gasteiger partial charge < -0.3 is 9.88 Å². The third-order valence-electron chi connectivity index (χ3n) is 4.63. The molecule has 0 aliphatic carbocycles. The first-order chi connectivity index (χ1) is 12.9. The summed E-state index contributed by atoms with van der Waals surface area (Å²) in [4.78, 5) is 16.6. The maximum absolute atomic E-state index is 12.9. The lowest BCUT2D eigenvalue weighted by Gasteiger charge is -2.22. The van der Waals surface area contributed by atoms with Crippen LogP contribution in [0.2, 0.25) is 0 Å². The lowest BCUT2D eigenvalue weighted by atomic mass is 9.95. The minimum absolute atomic E-state index is 0.133. The van der Waals surface area contributed by atoms with Gasteiger partial charge in [-0.15, -0.1) is 0 Å². The number of nitrogens with one attached hydrogen (secondary N) is 1. The number of aromatic nitrogens is 4. The maximum atomic E-state index is 12.9. The highest BCUT2D eigenvalue weighted by Gasteiger charge is 2.30. The summed E-state index contributed by atoms with van der Waals surface area (Å²) in [6.07, 6.45) is 3.32. The van der Waals surface area contributed by atoms with E-state index in [9.17, 15) is 18.0 Å². The number of anilines is 1. The summed E-state index contributed by atoms with van der Waals surface area (Å²) < 4.78 is 41.9. The second-order valence-electron chi connectivity index (χ2n) is 6.48. The quantitative estimate of drug-likeness (QED) is 0.764. The van der Waals surface area contributed by atoms with Gasteiger partial charge in [0.05, 0.1) is 35.7 Å². The molecule has 1 aliphatic rings. The van der Waals surface area contributed by atoms with Gasteiger partial charge in [0, 0.05) is 30.8 Å². The highest BCUT2D eigenvalue weighted by Crippen LogP contribution is 2.30. The molecule has 0 radical (unpaired) electrons. The third kappa shape index (κ3) is 3.57. The van der Waals surface area contributed by atoms with E-state index in [0.29, 0.717) is 18.5 Å². The Morgan fingerprint density at radius 1 is 1.26 bits per heavy atom. The summed E-state index contributed by atoms with van der Waals surface area (Å²) >= 11 is 0. The minimum atomic E-state index is -4.42. The maximum Gasteiger partial charge on any atom is 0.416 e. The van der Waals surface area contributed by atoms with Crippen molar-refractivity contribution in [3.8, 4) is 5.69 Å². The molecule has 0 fully saturated rings. The van der Waals surface area contributed by atoms with E-state index in [1.54, 1.807) is 12.5 Å². The number of halogens is 3. The van der Waals surface area contributed by atoms with E-state index in [0.717, 1.165) is 24.4 Å². The van der Waals surface area contributed by atoms with Crippen molar-refractivity contribution in [1.29, 1.82) is 0 Å². The average Bonchev–Trinajstić information content (AvgIpc) is 3.29. The highest BCUT2D eigenvalue weighted by molar-refractivity contribution is 5.92. The Morgan fingerprint density at radius 3 is 2.93 bits per heavy atom. The molecular formula is C18H16F3N5O. The molecule has 3 heterocycles. The molecule has 140 valence electrons. The largest absolute Gasteiger partial charge is 0.416 e. The first-order valence-electron chi connectivity index (χ1n) is 8.42. The van der Waals surface area contributed by atoms with Crippen molar-refractivity contribution < 1.29 is 18.0 Å². The van der Waals surface area contributed by atoms with Crippen molar-refractivity contribution in [2.45, 2.75) is 25.6 Å². The second-order valence-corrected chi connectivity index (χ2v) is 6.48. The number of carbonyl (C=O) groups is 1. The monoisotopic (exact) mass is 375 g/mol. The Hall–Kier alpha value is -3.10. The topological polar surface area (TPSA) is 64.7 Å². The molecule has 4 rings (SSSR count). The predicted molar refractivity (Wildman–Crippen MR) is 91.2 cm³/mol. The molecule has 3 aromatic rings. The lowest BCUT2D eigenvalue weighted by Crippen LogP contribution is -2.29. The van der Waals surface area contributed by atoms with Crippen molar-refractivity contribution >= 4 is 11.6 Å². The molecular weight excluding hydrogens is 359 g/mol. The molecule has 9 heteroatoms. The molecule has 6 nitrogen and oxygen atoms in total. The Labute approximate surface area is 152 Å². The number of alkyl halides is 3. The van der Waals surface area contributed by atoms with E-state index in [1.165, 1.54) is 29.2 Å². The van der Waals surface area contributed by atoms with E-state index >= 15 is 0 Å². The number of rotatable bonds is 3. The number of hydrogen-bond donors (Lipinski definition) is 1. The summed E-state index contributed by atoms with van der Waals surface area (Å²) in [5.74, 6) is -0.308. The smallest absolute Gasteiger partial charge is 0.335 e. The van der Waals surface area contributed by atoms with Crippen LogP contribution in [0.15, 0.2) is 49.2 Å². The van der Waals surface area contributed by atoms with Crippen molar-refractivity contribution in [2.75, 3.05) is 5.32 Å². The number of imidazole rings is 1. The first kappa shape index (κ1) is 17.3. The standard InChI is InChI=1S/C18H16F3N5O/c19-18(20,21)13-2-1-3-15(7-13)26-10-14(8-23-26)24-17(27)12-4-5-25-11-22-9-16(25)6-12/h1-3,7-12H,4-6H2,(H,24,27)/t12-/m1/s1. The van der Waals surface area contributed by atoms with E-state index in [2.05, 4.69) is 15.4 Å². The van der Waals surface area contributed by atoms with Gasteiger partial charge in [-0.3, -0.25) is 4.79 Å². The SMILES string of the molecule is O=C(Nc1cnn(-c2cccc(C(F)(F)F)c2)c1)[C@@H]1CCn2cncc2C1. The molecule has 0 bridgehead atoms. The molecule has 0 spiro atoms. The normalized spacial score (nSPS) is 16.8. The van der Waals surface area contributed by atoms with Crippen LogP contribution in [0.4, 0.5) is 18.9 Å². The van der Waals surface area contributed by atoms with Crippen LogP contribution in [0.1, 0.15) is 17.7 Å². The lowest BCUT2D eigenvalue weighted by molar-refractivity contribution is -0.137. The van der Waals surface area contributed by atoms with Gasteiger partial charge in [-0.25, -0.2) is 9.67 Å². The summed E-state index contributed by atoms with van der Waals surface area (Å²) in [6.45, 7) is 0.733. The van der Waals surface area contributed by atoms with Gasteiger partial charge in [-0.1, -0.05) is 6.07 Å². The van der Waals surface area contributed by atoms with Crippen molar-refractivity contribution in [3.05, 3.63) is 60.4 Å². The van der Waals surface area contributed by atoms with Crippen LogP contribution in [0.3, 0.4) is 0 Å². The molecule has 1 atom stereocenters. The zero-order chi connectivity index (χ0) is 19.0. The molecule has 1 N–H and O–H groups in total. The summed E-state index contributed by atoms with van der Waals surface area (Å²) in [6, 6.07) is 4.86. The molecule has 2 aromatic heterocycles. The highest BCUT2D eigenvalue weighted by atomic mass is 19.4. The van der Waals surface area contributed by atoms with E-state index in [1.807, 2.05) is 4.57 Å². The number of carbonyl (C=O) groups excluding carboxylic acids is 1. The minimum Gasteiger partial charge on any atom is -0.335 e. The number of aryl methyl sites for hydroxylation is 1. The Kier molecular flexibility index (Phi) is 4.21. The number of hydrogen-bond acceptors (Lipinski definition) is 3. The predicted octanol–water partition coefficient (Wildman–Crippen LogP) is 3.29. The molecule has 1 amide bonds. The molecule has 0 saturated heterocycles. The first-order valence-corrected chi connectivity index (χ1v) is 8.42. The van der Waals surface area contributed by atoms with Crippen LogP contribution in [0.25, 0.3) is 5.69 Å². The van der Waals surface area contributed by atoms with Gasteiger partial charge in [0.15, 0.2) is 0 Å². The van der Waals surface area contributed by atoms with Crippen molar-refractivity contribution in [2.24, 2.45) is 5.92 Å². The summed E-state index contributed by atoms with van der Waals surface area (Å²) in [7, 11) is 0.